The average molecular weight is 346 g/mol. The second-order valence-corrected chi connectivity index (χ2v) is 6.81. The Hall–Kier alpha value is -1.47. The first-order valence-corrected chi connectivity index (χ1v) is 9.40. The van der Waals surface area contributed by atoms with Gasteiger partial charge in [-0.1, -0.05) is 30.3 Å². The average Bonchev–Trinajstić information content (AvgIpc) is 2.68. The summed E-state index contributed by atoms with van der Waals surface area (Å²) in [4.78, 5) is 17.0. The molecule has 2 saturated heterocycles. The molecule has 2 heterocycles. The fourth-order valence-corrected chi connectivity index (χ4v) is 3.37. The van der Waals surface area contributed by atoms with Gasteiger partial charge in [0.25, 0.3) is 0 Å². The topological polar surface area (TPSA) is 56.8 Å². The molecule has 0 aromatic heterocycles. The Kier molecular flexibility index (Phi) is 7.23. The van der Waals surface area contributed by atoms with Gasteiger partial charge in [0.1, 0.15) is 6.10 Å². The zero-order valence-electron chi connectivity index (χ0n) is 15.0. The van der Waals surface area contributed by atoms with Crippen molar-refractivity contribution in [1.82, 2.24) is 20.4 Å². The van der Waals surface area contributed by atoms with Crippen molar-refractivity contribution in [3.05, 3.63) is 35.9 Å². The molecule has 0 radical (unpaired) electrons. The third-order valence-corrected chi connectivity index (χ3v) is 4.88. The number of hydrogen-bond donors (Lipinski definition) is 2. The molecule has 0 saturated carbocycles. The molecule has 2 aliphatic heterocycles. The van der Waals surface area contributed by atoms with E-state index >= 15 is 0 Å². The van der Waals surface area contributed by atoms with Crippen LogP contribution in [0.4, 0.5) is 0 Å². The van der Waals surface area contributed by atoms with Crippen LogP contribution in [0.1, 0.15) is 12.0 Å². The Balaban J connectivity index is 1.26. The smallest absolute Gasteiger partial charge is 0.250 e. The molecule has 1 aromatic rings. The Morgan fingerprint density at radius 1 is 1.16 bits per heavy atom. The lowest BCUT2D eigenvalue weighted by Crippen LogP contribution is -2.48. The largest absolute Gasteiger partial charge is 0.366 e. The number of nitrogens with zero attached hydrogens (tertiary/aromatic N) is 2. The number of ether oxygens (including phenoxy) is 1. The molecule has 0 spiro atoms. The zero-order valence-corrected chi connectivity index (χ0v) is 15.0. The lowest BCUT2D eigenvalue weighted by Gasteiger charge is -2.34. The first-order chi connectivity index (χ1) is 12.3. The minimum absolute atomic E-state index is 0.0138. The van der Waals surface area contributed by atoms with Gasteiger partial charge >= 0.3 is 0 Å². The highest BCUT2D eigenvalue weighted by Gasteiger charge is 2.21. The summed E-state index contributed by atoms with van der Waals surface area (Å²) in [6.45, 7) is 9.32. The van der Waals surface area contributed by atoms with E-state index in [4.69, 9.17) is 4.74 Å². The highest BCUT2D eigenvalue weighted by Crippen LogP contribution is 2.08. The van der Waals surface area contributed by atoms with Crippen molar-refractivity contribution < 1.29 is 9.53 Å². The van der Waals surface area contributed by atoms with Crippen molar-refractivity contribution in [2.75, 3.05) is 59.0 Å². The molecule has 3 rings (SSSR count). The summed E-state index contributed by atoms with van der Waals surface area (Å²) in [7, 11) is 0. The molecule has 6 nitrogen and oxygen atoms in total. The van der Waals surface area contributed by atoms with E-state index in [1.165, 1.54) is 5.56 Å². The standard InChI is InChI=1S/C19H30N4O2/c24-19(18-15-20-8-14-25-18)21-7-4-9-22-10-12-23(13-11-22)16-17-5-2-1-3-6-17/h1-3,5-6,18,20H,4,7-16H2,(H,21,24). The number of rotatable bonds is 7. The molecule has 25 heavy (non-hydrogen) atoms. The number of hydrogen-bond acceptors (Lipinski definition) is 5. The predicted octanol–water partition coefficient (Wildman–Crippen LogP) is 0.299. The second-order valence-electron chi connectivity index (χ2n) is 6.81. The molecule has 1 amide bonds. The Morgan fingerprint density at radius 3 is 2.64 bits per heavy atom. The molecule has 1 atom stereocenters. The van der Waals surface area contributed by atoms with Crippen LogP contribution >= 0.6 is 0 Å². The quantitative estimate of drug-likeness (QED) is 0.696. The molecule has 2 aliphatic rings. The third kappa shape index (κ3) is 6.08. The SMILES string of the molecule is O=C(NCCCN1CCN(Cc2ccccc2)CC1)C1CNCCO1. The fourth-order valence-electron chi connectivity index (χ4n) is 3.37. The van der Waals surface area contributed by atoms with Crippen LogP contribution in [0.25, 0.3) is 0 Å². The number of amides is 1. The summed E-state index contributed by atoms with van der Waals surface area (Å²) in [6.07, 6.45) is 0.667. The molecule has 1 unspecified atom stereocenters. The molecule has 0 bridgehead atoms. The Morgan fingerprint density at radius 2 is 1.92 bits per heavy atom. The van der Waals surface area contributed by atoms with Crippen LogP contribution in [0.15, 0.2) is 30.3 Å². The number of benzene rings is 1. The number of nitrogens with one attached hydrogen (secondary N) is 2. The maximum atomic E-state index is 12.0. The summed E-state index contributed by atoms with van der Waals surface area (Å²) >= 11 is 0. The maximum Gasteiger partial charge on any atom is 0.250 e. The second kappa shape index (κ2) is 9.87. The van der Waals surface area contributed by atoms with Crippen molar-refractivity contribution in [3.63, 3.8) is 0 Å². The van der Waals surface area contributed by atoms with Crippen LogP contribution in [-0.2, 0) is 16.1 Å². The van der Waals surface area contributed by atoms with E-state index in [0.29, 0.717) is 13.2 Å². The molecule has 6 heteroatoms. The molecule has 1 aromatic carbocycles. The highest BCUT2D eigenvalue weighted by atomic mass is 16.5. The van der Waals surface area contributed by atoms with Gasteiger partial charge in [-0.25, -0.2) is 0 Å². The summed E-state index contributed by atoms with van der Waals surface area (Å²) in [5.41, 5.74) is 1.39. The zero-order chi connectivity index (χ0) is 17.3. The van der Waals surface area contributed by atoms with Crippen molar-refractivity contribution >= 4 is 5.91 Å². The molecule has 0 aliphatic carbocycles. The van der Waals surface area contributed by atoms with Gasteiger partial charge in [-0.15, -0.1) is 0 Å². The normalized spacial score (nSPS) is 22.6. The van der Waals surface area contributed by atoms with Gasteiger partial charge in [0, 0.05) is 52.4 Å². The van der Waals surface area contributed by atoms with E-state index in [0.717, 1.165) is 58.8 Å². The number of piperazine rings is 1. The van der Waals surface area contributed by atoms with E-state index in [1.54, 1.807) is 0 Å². The molecule has 2 fully saturated rings. The van der Waals surface area contributed by atoms with Crippen molar-refractivity contribution in [2.45, 2.75) is 19.1 Å². The van der Waals surface area contributed by atoms with Crippen molar-refractivity contribution in [3.8, 4) is 0 Å². The summed E-state index contributed by atoms with van der Waals surface area (Å²) in [6, 6.07) is 10.7. The Bertz CT molecular complexity index is 511. The van der Waals surface area contributed by atoms with Gasteiger partial charge in [-0.3, -0.25) is 9.69 Å². The van der Waals surface area contributed by atoms with E-state index in [-0.39, 0.29) is 12.0 Å². The number of carbonyl (C=O) groups excluding carboxylic acids is 1. The molecule has 2 N–H and O–H groups in total. The minimum Gasteiger partial charge on any atom is -0.366 e. The first-order valence-electron chi connectivity index (χ1n) is 9.40. The van der Waals surface area contributed by atoms with Crippen LogP contribution in [0, 0.1) is 0 Å². The van der Waals surface area contributed by atoms with Gasteiger partial charge in [0.2, 0.25) is 5.91 Å². The molecule has 138 valence electrons. The van der Waals surface area contributed by atoms with Gasteiger partial charge < -0.3 is 20.3 Å². The van der Waals surface area contributed by atoms with Crippen molar-refractivity contribution in [2.24, 2.45) is 0 Å². The lowest BCUT2D eigenvalue weighted by atomic mass is 10.2. The fraction of sp³-hybridized carbons (Fsp3) is 0.632. The molecular weight excluding hydrogens is 316 g/mol. The minimum atomic E-state index is -0.324. The van der Waals surface area contributed by atoms with Crippen LogP contribution in [0.2, 0.25) is 0 Å². The summed E-state index contributed by atoms with van der Waals surface area (Å²) < 4.78 is 5.46. The third-order valence-electron chi connectivity index (χ3n) is 4.88. The summed E-state index contributed by atoms with van der Waals surface area (Å²) in [5.74, 6) is 0.0138. The van der Waals surface area contributed by atoms with Gasteiger partial charge in [0.05, 0.1) is 6.61 Å². The number of morpholine rings is 1. The monoisotopic (exact) mass is 346 g/mol. The van der Waals surface area contributed by atoms with Gasteiger partial charge in [-0.2, -0.15) is 0 Å². The van der Waals surface area contributed by atoms with Gasteiger partial charge in [-0.05, 0) is 18.5 Å². The predicted molar refractivity (Wildman–Crippen MR) is 98.4 cm³/mol. The van der Waals surface area contributed by atoms with E-state index in [9.17, 15) is 4.79 Å². The van der Waals surface area contributed by atoms with Crippen LogP contribution in [0.5, 0.6) is 0 Å². The number of carbonyl (C=O) groups is 1. The van der Waals surface area contributed by atoms with Crippen LogP contribution in [-0.4, -0.2) is 80.8 Å². The maximum absolute atomic E-state index is 12.0. The molecular formula is C19H30N4O2. The van der Waals surface area contributed by atoms with E-state index in [2.05, 4.69) is 50.8 Å². The summed E-state index contributed by atoms with van der Waals surface area (Å²) in [5, 5.41) is 6.17. The highest BCUT2D eigenvalue weighted by molar-refractivity contribution is 5.81. The van der Waals surface area contributed by atoms with Gasteiger partial charge in [0.15, 0.2) is 0 Å². The first kappa shape index (κ1) is 18.3. The van der Waals surface area contributed by atoms with E-state index in [1.807, 2.05) is 0 Å². The Labute approximate surface area is 150 Å². The van der Waals surface area contributed by atoms with Crippen molar-refractivity contribution in [1.29, 1.82) is 0 Å². The lowest BCUT2D eigenvalue weighted by molar-refractivity contribution is -0.134. The van der Waals surface area contributed by atoms with Crippen LogP contribution < -0.4 is 10.6 Å². The van der Waals surface area contributed by atoms with Crippen LogP contribution in [0.3, 0.4) is 0 Å². The van der Waals surface area contributed by atoms with E-state index < -0.39 is 0 Å².